The van der Waals surface area contributed by atoms with Crippen LogP contribution in [-0.4, -0.2) is 23.3 Å². The topological polar surface area (TPSA) is 62.3 Å². The fourth-order valence-electron chi connectivity index (χ4n) is 3.57. The second kappa shape index (κ2) is 8.27. The van der Waals surface area contributed by atoms with E-state index in [1.807, 2.05) is 49.4 Å². The van der Waals surface area contributed by atoms with E-state index >= 15 is 0 Å². The zero-order valence-electron chi connectivity index (χ0n) is 16.4. The summed E-state index contributed by atoms with van der Waals surface area (Å²) in [4.78, 5) is 31.6. The molecular formula is C24H23N3O2. The Morgan fingerprint density at radius 2 is 1.86 bits per heavy atom. The SMILES string of the molecule is Cc1ccc(CNC(=O)c2cc(C(=O)N3CCCc4ccccc43)ccn2)cc1. The van der Waals surface area contributed by atoms with Crippen LogP contribution in [0.2, 0.25) is 0 Å². The molecular weight excluding hydrogens is 362 g/mol. The molecule has 0 aliphatic carbocycles. The monoisotopic (exact) mass is 385 g/mol. The molecule has 0 bridgehead atoms. The zero-order chi connectivity index (χ0) is 20.2. The summed E-state index contributed by atoms with van der Waals surface area (Å²) in [5.41, 5.74) is 5.03. The summed E-state index contributed by atoms with van der Waals surface area (Å²) in [5, 5.41) is 2.87. The van der Waals surface area contributed by atoms with Gasteiger partial charge in [-0.15, -0.1) is 0 Å². The van der Waals surface area contributed by atoms with Gasteiger partial charge in [0.25, 0.3) is 11.8 Å². The molecule has 1 aliphatic heterocycles. The van der Waals surface area contributed by atoms with E-state index < -0.39 is 0 Å². The number of carbonyl (C=O) groups excluding carboxylic acids is 2. The number of nitrogens with one attached hydrogen (secondary N) is 1. The van der Waals surface area contributed by atoms with E-state index in [4.69, 9.17) is 0 Å². The molecule has 0 spiro atoms. The van der Waals surface area contributed by atoms with Gasteiger partial charge in [-0.1, -0.05) is 48.0 Å². The number of rotatable bonds is 4. The largest absolute Gasteiger partial charge is 0.347 e. The predicted molar refractivity (Wildman–Crippen MR) is 113 cm³/mol. The maximum absolute atomic E-state index is 13.1. The standard InChI is InChI=1S/C24H23N3O2/c1-17-8-10-18(11-9-17)16-26-23(28)21-15-20(12-13-25-21)24(29)27-14-4-6-19-5-2-3-7-22(19)27/h2-3,5,7-13,15H,4,6,14,16H2,1H3,(H,26,28). The summed E-state index contributed by atoms with van der Waals surface area (Å²) in [6, 6.07) is 19.2. The third kappa shape index (κ3) is 4.19. The van der Waals surface area contributed by atoms with E-state index in [2.05, 4.69) is 16.4 Å². The summed E-state index contributed by atoms with van der Waals surface area (Å²) in [6.45, 7) is 3.11. The number of amides is 2. The highest BCUT2D eigenvalue weighted by Gasteiger charge is 2.24. The van der Waals surface area contributed by atoms with Crippen LogP contribution >= 0.6 is 0 Å². The first-order valence-electron chi connectivity index (χ1n) is 9.81. The van der Waals surface area contributed by atoms with E-state index in [1.165, 1.54) is 17.3 Å². The lowest BCUT2D eigenvalue weighted by Crippen LogP contribution is -2.35. The Hall–Kier alpha value is -3.47. The number of aryl methyl sites for hydroxylation is 2. The van der Waals surface area contributed by atoms with Gasteiger partial charge in [-0.2, -0.15) is 0 Å². The second-order valence-electron chi connectivity index (χ2n) is 7.29. The highest BCUT2D eigenvalue weighted by molar-refractivity contribution is 6.07. The van der Waals surface area contributed by atoms with E-state index in [1.54, 1.807) is 17.0 Å². The number of carbonyl (C=O) groups is 2. The Kier molecular flexibility index (Phi) is 5.38. The molecule has 5 heteroatoms. The van der Waals surface area contributed by atoms with Crippen molar-refractivity contribution in [1.82, 2.24) is 10.3 Å². The van der Waals surface area contributed by atoms with Crippen LogP contribution in [0, 0.1) is 6.92 Å². The van der Waals surface area contributed by atoms with Gasteiger partial charge in [0.1, 0.15) is 5.69 Å². The minimum absolute atomic E-state index is 0.105. The normalized spacial score (nSPS) is 12.9. The van der Waals surface area contributed by atoms with Crippen molar-refractivity contribution in [2.75, 3.05) is 11.4 Å². The molecule has 1 aliphatic rings. The predicted octanol–water partition coefficient (Wildman–Crippen LogP) is 3.91. The minimum atomic E-state index is -0.292. The number of anilines is 1. The maximum atomic E-state index is 13.1. The molecule has 0 radical (unpaired) electrons. The van der Waals surface area contributed by atoms with Crippen molar-refractivity contribution in [3.8, 4) is 0 Å². The first kappa shape index (κ1) is 18.9. The van der Waals surface area contributed by atoms with Crippen molar-refractivity contribution in [2.45, 2.75) is 26.3 Å². The Bertz CT molecular complexity index is 1040. The first-order chi connectivity index (χ1) is 14.1. The molecule has 0 atom stereocenters. The molecule has 2 amide bonds. The lowest BCUT2D eigenvalue weighted by atomic mass is 10.0. The molecule has 2 heterocycles. The summed E-state index contributed by atoms with van der Waals surface area (Å²) in [6.07, 6.45) is 3.42. The van der Waals surface area contributed by atoms with Gasteiger partial charge in [-0.25, -0.2) is 0 Å². The number of hydrogen-bond donors (Lipinski definition) is 1. The van der Waals surface area contributed by atoms with Crippen molar-refractivity contribution in [3.63, 3.8) is 0 Å². The molecule has 0 unspecified atom stereocenters. The van der Waals surface area contributed by atoms with Gasteiger partial charge in [0.15, 0.2) is 0 Å². The molecule has 5 nitrogen and oxygen atoms in total. The van der Waals surface area contributed by atoms with Crippen LogP contribution < -0.4 is 10.2 Å². The van der Waals surface area contributed by atoms with Crippen LogP contribution in [0.25, 0.3) is 0 Å². The molecule has 29 heavy (non-hydrogen) atoms. The third-order valence-corrected chi connectivity index (χ3v) is 5.17. The fraction of sp³-hybridized carbons (Fsp3) is 0.208. The van der Waals surface area contributed by atoms with E-state index in [0.29, 0.717) is 18.7 Å². The zero-order valence-corrected chi connectivity index (χ0v) is 16.4. The minimum Gasteiger partial charge on any atom is -0.347 e. The number of aromatic nitrogens is 1. The molecule has 0 fully saturated rings. The number of fused-ring (bicyclic) bond motifs is 1. The molecule has 1 aromatic heterocycles. The summed E-state index contributed by atoms with van der Waals surface area (Å²) in [5.74, 6) is -0.397. The molecule has 4 rings (SSSR count). The summed E-state index contributed by atoms with van der Waals surface area (Å²) in [7, 11) is 0. The van der Waals surface area contributed by atoms with Crippen LogP contribution in [0.3, 0.4) is 0 Å². The van der Waals surface area contributed by atoms with Crippen LogP contribution in [0.5, 0.6) is 0 Å². The summed E-state index contributed by atoms with van der Waals surface area (Å²) >= 11 is 0. The van der Waals surface area contributed by atoms with Crippen LogP contribution in [0.1, 0.15) is 44.0 Å². The lowest BCUT2D eigenvalue weighted by Gasteiger charge is -2.29. The van der Waals surface area contributed by atoms with Crippen molar-refractivity contribution >= 4 is 17.5 Å². The van der Waals surface area contributed by atoms with Crippen LogP contribution in [0.4, 0.5) is 5.69 Å². The van der Waals surface area contributed by atoms with E-state index in [-0.39, 0.29) is 17.5 Å². The van der Waals surface area contributed by atoms with E-state index in [0.717, 1.165) is 24.1 Å². The highest BCUT2D eigenvalue weighted by Crippen LogP contribution is 2.28. The number of para-hydroxylation sites is 1. The van der Waals surface area contributed by atoms with E-state index in [9.17, 15) is 9.59 Å². The molecule has 2 aromatic carbocycles. The van der Waals surface area contributed by atoms with Crippen molar-refractivity contribution in [1.29, 1.82) is 0 Å². The van der Waals surface area contributed by atoms with Crippen LogP contribution in [-0.2, 0) is 13.0 Å². The van der Waals surface area contributed by atoms with Gasteiger partial charge in [0, 0.05) is 30.5 Å². The van der Waals surface area contributed by atoms with Gasteiger partial charge < -0.3 is 10.2 Å². The Balaban J connectivity index is 1.49. The van der Waals surface area contributed by atoms with Crippen molar-refractivity contribution in [3.05, 3.63) is 94.8 Å². The smallest absolute Gasteiger partial charge is 0.270 e. The van der Waals surface area contributed by atoms with Crippen molar-refractivity contribution in [2.24, 2.45) is 0 Å². The average molecular weight is 385 g/mol. The number of nitrogens with zero attached hydrogens (tertiary/aromatic N) is 2. The lowest BCUT2D eigenvalue weighted by molar-refractivity contribution is 0.0946. The molecule has 0 saturated heterocycles. The molecule has 1 N–H and O–H groups in total. The number of hydrogen-bond acceptors (Lipinski definition) is 3. The molecule has 0 saturated carbocycles. The van der Waals surface area contributed by atoms with Gasteiger partial charge in [-0.3, -0.25) is 14.6 Å². The van der Waals surface area contributed by atoms with Crippen LogP contribution in [0.15, 0.2) is 66.9 Å². The van der Waals surface area contributed by atoms with Gasteiger partial charge in [-0.05, 0) is 49.1 Å². The van der Waals surface area contributed by atoms with Gasteiger partial charge in [0.05, 0.1) is 0 Å². The summed E-state index contributed by atoms with van der Waals surface area (Å²) < 4.78 is 0. The Morgan fingerprint density at radius 3 is 2.69 bits per heavy atom. The van der Waals surface area contributed by atoms with Gasteiger partial charge >= 0.3 is 0 Å². The van der Waals surface area contributed by atoms with Crippen molar-refractivity contribution < 1.29 is 9.59 Å². The number of benzene rings is 2. The average Bonchev–Trinajstić information content (AvgIpc) is 2.77. The Morgan fingerprint density at radius 1 is 1.07 bits per heavy atom. The Labute approximate surface area is 170 Å². The molecule has 3 aromatic rings. The quantitative estimate of drug-likeness (QED) is 0.741. The fourth-order valence-corrected chi connectivity index (χ4v) is 3.57. The first-order valence-corrected chi connectivity index (χ1v) is 9.81. The van der Waals surface area contributed by atoms with Gasteiger partial charge in [0.2, 0.25) is 0 Å². The number of pyridine rings is 1. The maximum Gasteiger partial charge on any atom is 0.270 e. The second-order valence-corrected chi connectivity index (χ2v) is 7.29. The third-order valence-electron chi connectivity index (χ3n) is 5.17. The molecule has 146 valence electrons. The highest BCUT2D eigenvalue weighted by atomic mass is 16.2.